The highest BCUT2D eigenvalue weighted by Gasteiger charge is 2.20. The van der Waals surface area contributed by atoms with Crippen LogP contribution in [0.3, 0.4) is 0 Å². The number of amides is 1. The number of nitrogens with two attached hydrogens (primary N) is 1. The minimum absolute atomic E-state index is 0.111. The number of nitrogens with zero attached hydrogens (tertiary/aromatic N) is 3. The Hall–Kier alpha value is -2.56. The number of hydrogen-bond acceptors (Lipinski definition) is 10. The molecule has 3 aromatic rings. The summed E-state index contributed by atoms with van der Waals surface area (Å²) in [5, 5.41) is 14.9. The van der Waals surface area contributed by atoms with E-state index in [1.807, 2.05) is 18.2 Å². The lowest BCUT2D eigenvalue weighted by Crippen LogP contribution is -2.68. The molecule has 0 atom stereocenters. The second-order valence-corrected chi connectivity index (χ2v) is 10.5. The van der Waals surface area contributed by atoms with Gasteiger partial charge in [0.25, 0.3) is 10.0 Å². The molecule has 12 nitrogen and oxygen atoms in total. The Balaban J connectivity index is 0.000000784. The molecule has 0 fully saturated rings. The molecule has 0 radical (unpaired) electrons. The first-order valence-corrected chi connectivity index (χ1v) is 13.8. The number of carbonyl (C=O) groups excluding carboxylic acids is 1. The molecule has 0 saturated heterocycles. The van der Waals surface area contributed by atoms with Crippen molar-refractivity contribution in [1.29, 1.82) is 0 Å². The summed E-state index contributed by atoms with van der Waals surface area (Å²) in [6.45, 7) is 4.69. The van der Waals surface area contributed by atoms with Gasteiger partial charge in [0.1, 0.15) is 0 Å². The Morgan fingerprint density at radius 3 is 2.03 bits per heavy atom. The fourth-order valence-corrected chi connectivity index (χ4v) is 4.53. The van der Waals surface area contributed by atoms with E-state index >= 15 is 0 Å². The van der Waals surface area contributed by atoms with Crippen molar-refractivity contribution in [3.8, 4) is 11.1 Å². The van der Waals surface area contributed by atoms with Crippen LogP contribution in [0.1, 0.15) is 31.7 Å². The first-order chi connectivity index (χ1) is 16.3. The maximum atomic E-state index is 12.4. The third kappa shape index (κ3) is 9.54. The summed E-state index contributed by atoms with van der Waals surface area (Å²) in [6, 6.07) is 14.5. The summed E-state index contributed by atoms with van der Waals surface area (Å²) in [5.74, 6) is -0.268. The number of aromatic nitrogens is 3. The van der Waals surface area contributed by atoms with Gasteiger partial charge in [-0.2, -0.15) is 4.57 Å². The van der Waals surface area contributed by atoms with Gasteiger partial charge in [-0.3, -0.25) is 4.79 Å². The smallest absolute Gasteiger partial charge is 0.267 e. The topological polar surface area (TPSA) is 211 Å². The molecule has 2 aromatic heterocycles. The Morgan fingerprint density at radius 1 is 1.03 bits per heavy atom. The first kappa shape index (κ1) is 28.7. The molecule has 1 amide bonds. The summed E-state index contributed by atoms with van der Waals surface area (Å²) in [5.41, 5.74) is 4.62. The van der Waals surface area contributed by atoms with Crippen LogP contribution in [0.5, 0.6) is 0 Å². The van der Waals surface area contributed by atoms with E-state index in [2.05, 4.69) is 58.2 Å². The van der Waals surface area contributed by atoms with E-state index in [4.69, 9.17) is 23.8 Å². The molecule has 35 heavy (non-hydrogen) atoms. The molecule has 0 saturated carbocycles. The highest BCUT2D eigenvalue weighted by Crippen LogP contribution is 2.21. The van der Waals surface area contributed by atoms with Gasteiger partial charge in [0.15, 0.2) is 17.9 Å². The molecule has 1 aromatic carbocycles. The van der Waals surface area contributed by atoms with E-state index in [0.29, 0.717) is 6.54 Å². The van der Waals surface area contributed by atoms with Crippen LogP contribution < -0.4 is 33.7 Å². The Labute approximate surface area is 208 Å². The zero-order valence-corrected chi connectivity index (χ0v) is 21.2. The molecule has 0 spiro atoms. The number of sulfonamides is 1. The maximum Gasteiger partial charge on any atom is 0.267 e. The standard InChI is InChI=1S/C20H23N5O3S2.ClHO4/c1-3-16-12-15(14-8-6-5-7-9-14)13-17(4-2)25(16)11-10-18(26)22-19-23-24-20(29-19)30(21,27)28;2-1(3,4)5/h5-9,12-13H,3-4,10-11H2,1-2H3,(H2-,21,22,23,26,27,28);(H,2,3,4,5). The lowest BCUT2D eigenvalue weighted by atomic mass is 10.0. The number of anilines is 1. The molecule has 3 N–H and O–H groups in total. The number of rotatable bonds is 8. The van der Waals surface area contributed by atoms with Gasteiger partial charge in [0.2, 0.25) is 15.4 Å². The molecule has 0 aliphatic heterocycles. The molecule has 0 unspecified atom stereocenters. The van der Waals surface area contributed by atoms with Gasteiger partial charge in [-0.05, 0) is 11.1 Å². The van der Waals surface area contributed by atoms with Crippen LogP contribution in [0.2, 0.25) is 0 Å². The second kappa shape index (κ2) is 12.4. The van der Waals surface area contributed by atoms with E-state index < -0.39 is 20.3 Å². The Kier molecular flexibility index (Phi) is 10.2. The van der Waals surface area contributed by atoms with E-state index in [1.165, 1.54) is 0 Å². The number of hydrogen-bond donors (Lipinski definition) is 2. The summed E-state index contributed by atoms with van der Waals surface area (Å²) in [7, 11) is -8.87. The molecule has 190 valence electrons. The zero-order chi connectivity index (χ0) is 26.2. The molecule has 0 bridgehead atoms. The van der Waals surface area contributed by atoms with Crippen LogP contribution in [0.25, 0.3) is 11.1 Å². The van der Waals surface area contributed by atoms with Crippen LogP contribution in [-0.4, -0.2) is 24.5 Å². The third-order valence-electron chi connectivity index (χ3n) is 4.63. The fourth-order valence-electron chi connectivity index (χ4n) is 3.18. The number of nitrogens with one attached hydrogen (secondary N) is 1. The zero-order valence-electron chi connectivity index (χ0n) is 18.8. The number of primary sulfonamides is 1. The van der Waals surface area contributed by atoms with Gasteiger partial charge in [0, 0.05) is 25.0 Å². The molecule has 2 heterocycles. The van der Waals surface area contributed by atoms with Crippen LogP contribution >= 0.6 is 11.3 Å². The Morgan fingerprint density at radius 2 is 1.57 bits per heavy atom. The fraction of sp³-hybridized carbons (Fsp3) is 0.300. The SMILES string of the molecule is CCc1cc(-c2ccccc2)cc(CC)[n+]1CCC(=O)Nc1nnc(S(N)(=O)=O)s1.[O-][Cl+3]([O-])([O-])[O-]. The van der Waals surface area contributed by atoms with Gasteiger partial charge >= 0.3 is 0 Å². The largest absolute Gasteiger partial charge is 0.300 e. The van der Waals surface area contributed by atoms with E-state index in [-0.39, 0.29) is 21.8 Å². The average Bonchev–Trinajstić information content (AvgIpc) is 3.25. The minimum atomic E-state index is -4.94. The summed E-state index contributed by atoms with van der Waals surface area (Å²) in [6.07, 6.45) is 1.90. The average molecular weight is 546 g/mol. The van der Waals surface area contributed by atoms with E-state index in [0.717, 1.165) is 46.7 Å². The van der Waals surface area contributed by atoms with Crippen LogP contribution in [-0.2, 0) is 34.2 Å². The minimum Gasteiger partial charge on any atom is -0.300 e. The monoisotopic (exact) mass is 545 g/mol. The van der Waals surface area contributed by atoms with Crippen molar-refractivity contribution in [2.45, 2.75) is 44.0 Å². The summed E-state index contributed by atoms with van der Waals surface area (Å²) in [4.78, 5) is 12.4. The van der Waals surface area contributed by atoms with Gasteiger partial charge in [0.05, 0.1) is 6.42 Å². The van der Waals surface area contributed by atoms with Crippen LogP contribution in [0.15, 0.2) is 46.8 Å². The van der Waals surface area contributed by atoms with Crippen molar-refractivity contribution in [2.24, 2.45) is 5.14 Å². The first-order valence-electron chi connectivity index (χ1n) is 10.2. The predicted octanol–water partition coefficient (Wildman–Crippen LogP) is -2.46. The van der Waals surface area contributed by atoms with Crippen molar-refractivity contribution < 1.29 is 46.7 Å². The van der Waals surface area contributed by atoms with E-state index in [9.17, 15) is 13.2 Å². The summed E-state index contributed by atoms with van der Waals surface area (Å²) >= 11 is 0.731. The highest BCUT2D eigenvalue weighted by atomic mass is 35.7. The van der Waals surface area contributed by atoms with Crippen molar-refractivity contribution in [1.82, 2.24) is 10.2 Å². The van der Waals surface area contributed by atoms with Gasteiger partial charge in [-0.25, -0.2) is 32.2 Å². The lowest BCUT2D eigenvalue weighted by Gasteiger charge is -2.17. The van der Waals surface area contributed by atoms with E-state index in [1.54, 1.807) is 0 Å². The molecular weight excluding hydrogens is 522 g/mol. The maximum absolute atomic E-state index is 12.4. The third-order valence-corrected chi connectivity index (χ3v) is 6.78. The van der Waals surface area contributed by atoms with Crippen molar-refractivity contribution in [2.75, 3.05) is 5.32 Å². The van der Waals surface area contributed by atoms with Crippen molar-refractivity contribution >= 4 is 32.4 Å². The number of halogens is 1. The highest BCUT2D eigenvalue weighted by molar-refractivity contribution is 7.91. The molecule has 0 aliphatic carbocycles. The normalized spacial score (nSPS) is 11.5. The number of benzene rings is 1. The number of aryl methyl sites for hydroxylation is 2. The Bertz CT molecular complexity index is 1220. The quantitative estimate of drug-likeness (QED) is 0.226. The number of carbonyl (C=O) groups is 1. The molecular formula is C20H24ClN5O7S2. The number of pyridine rings is 1. The predicted molar refractivity (Wildman–Crippen MR) is 115 cm³/mol. The lowest BCUT2D eigenvalue weighted by molar-refractivity contribution is -2.00. The van der Waals surface area contributed by atoms with Crippen molar-refractivity contribution in [3.05, 3.63) is 53.9 Å². The van der Waals surface area contributed by atoms with Crippen LogP contribution in [0.4, 0.5) is 5.13 Å². The van der Waals surface area contributed by atoms with Gasteiger partial charge in [-0.15, -0.1) is 20.4 Å². The molecule has 15 heteroatoms. The summed E-state index contributed by atoms with van der Waals surface area (Å²) < 4.78 is 58.4. The molecule has 3 rings (SSSR count). The van der Waals surface area contributed by atoms with Crippen molar-refractivity contribution in [3.63, 3.8) is 0 Å². The second-order valence-electron chi connectivity index (χ2n) is 7.05. The van der Waals surface area contributed by atoms with Gasteiger partial charge < -0.3 is 5.32 Å². The van der Waals surface area contributed by atoms with Crippen LogP contribution in [0, 0.1) is 10.2 Å². The molecule has 0 aliphatic rings. The van der Waals surface area contributed by atoms with Gasteiger partial charge in [-0.1, -0.05) is 55.5 Å².